The molecule has 0 saturated heterocycles. The third-order valence-corrected chi connectivity index (χ3v) is 4.64. The van der Waals surface area contributed by atoms with Gasteiger partial charge in [0.25, 0.3) is 0 Å². The molecular weight excluding hydrogens is 512 g/mol. The molecule has 0 bridgehead atoms. The number of hydrogen-bond acceptors (Lipinski definition) is 4. The van der Waals surface area contributed by atoms with Crippen molar-refractivity contribution in [2.45, 2.75) is 6.42 Å². The topological polar surface area (TPSA) is 31.0 Å². The van der Waals surface area contributed by atoms with Crippen molar-refractivity contribution in [3.8, 4) is 0 Å². The van der Waals surface area contributed by atoms with E-state index in [0.29, 0.717) is 19.8 Å². The highest BCUT2D eigenvalue weighted by Crippen LogP contribution is 2.18. The molecule has 2 heterocycles. The zero-order valence-corrected chi connectivity index (χ0v) is 26.7. The Morgan fingerprint density at radius 2 is 1.29 bits per heavy atom. The molecule has 8 heteroatoms. The van der Waals surface area contributed by atoms with Gasteiger partial charge in [0.15, 0.2) is 12.4 Å². The minimum absolute atomic E-state index is 0. The van der Waals surface area contributed by atoms with Gasteiger partial charge in [-0.25, -0.2) is 9.15 Å². The third-order valence-electron chi connectivity index (χ3n) is 4.64. The maximum absolute atomic E-state index is 5.55. The van der Waals surface area contributed by atoms with Crippen LogP contribution in [0.3, 0.4) is 0 Å². The lowest BCUT2D eigenvalue weighted by atomic mass is 10.0. The van der Waals surface area contributed by atoms with Crippen molar-refractivity contribution in [2.75, 3.05) is 76.2 Å². The summed E-state index contributed by atoms with van der Waals surface area (Å²) in [5, 5.41) is 0. The van der Waals surface area contributed by atoms with E-state index in [1.807, 2.05) is 125 Å². The second-order valence-corrected chi connectivity index (χ2v) is 9.51. The van der Waals surface area contributed by atoms with Gasteiger partial charge in [-0.1, -0.05) is 37.8 Å². The first-order chi connectivity index (χ1) is 17.2. The van der Waals surface area contributed by atoms with E-state index in [2.05, 4.69) is 36.5 Å². The molecule has 0 aromatic rings. The third kappa shape index (κ3) is 20.4. The fourth-order valence-corrected chi connectivity index (χ4v) is 2.98. The first kappa shape index (κ1) is 37.5. The smallest absolute Gasteiger partial charge is 0.162 e. The molecule has 0 N–H and O–H groups in total. The minimum atomic E-state index is 0. The van der Waals surface area contributed by atoms with Gasteiger partial charge >= 0.3 is 0 Å². The number of rotatable bonds is 8. The Bertz CT molecular complexity index is 988. The largest absolute Gasteiger partial charge is 0.497 e. The van der Waals surface area contributed by atoms with Crippen molar-refractivity contribution in [3.05, 3.63) is 95.6 Å². The molecule has 2 aliphatic heterocycles. The van der Waals surface area contributed by atoms with Gasteiger partial charge in [-0.2, -0.15) is 13.5 Å². The van der Waals surface area contributed by atoms with Crippen molar-refractivity contribution >= 4 is 39.4 Å². The van der Waals surface area contributed by atoms with Crippen molar-refractivity contribution in [1.29, 1.82) is 0 Å². The zero-order chi connectivity index (χ0) is 26.8. The lowest BCUT2D eigenvalue weighted by molar-refractivity contribution is -0.458. The van der Waals surface area contributed by atoms with Crippen LogP contribution in [0.2, 0.25) is 0 Å². The molecule has 0 aromatic heterocycles. The molecule has 38 heavy (non-hydrogen) atoms. The zero-order valence-electron chi connectivity index (χ0n) is 24.6. The number of ether oxygens (including phenoxy) is 2. The maximum atomic E-state index is 5.55. The van der Waals surface area contributed by atoms with E-state index >= 15 is 0 Å². The van der Waals surface area contributed by atoms with E-state index in [-0.39, 0.29) is 27.0 Å². The fraction of sp³-hybridized carbons (Fsp3) is 0.400. The molecule has 0 spiro atoms. The highest BCUT2D eigenvalue weighted by molar-refractivity contribution is 7.59. The Labute approximate surface area is 245 Å². The minimum Gasteiger partial charge on any atom is -0.497 e. The Balaban J connectivity index is 0. The molecule has 0 unspecified atom stereocenters. The summed E-state index contributed by atoms with van der Waals surface area (Å²) in [5.74, 6) is 0. The quantitative estimate of drug-likeness (QED) is 0.258. The second kappa shape index (κ2) is 22.3. The molecule has 0 radical (unpaired) electrons. The summed E-state index contributed by atoms with van der Waals surface area (Å²) < 4.78 is 15.0. The predicted octanol–water partition coefficient (Wildman–Crippen LogP) is 3.34. The van der Waals surface area contributed by atoms with Crippen molar-refractivity contribution < 1.29 is 18.6 Å². The highest BCUT2D eigenvalue weighted by Gasteiger charge is 2.06. The summed E-state index contributed by atoms with van der Waals surface area (Å²) in [4.78, 5) is 4.03. The van der Waals surface area contributed by atoms with Gasteiger partial charge in [-0.3, -0.25) is 0 Å². The first-order valence-corrected chi connectivity index (χ1v) is 12.2. The Kier molecular flexibility index (Phi) is 22.0. The Morgan fingerprint density at radius 3 is 1.84 bits per heavy atom. The monoisotopic (exact) mass is 563 g/mol. The van der Waals surface area contributed by atoms with Gasteiger partial charge in [-0.15, -0.1) is 0 Å². The fourth-order valence-electron chi connectivity index (χ4n) is 2.98. The van der Waals surface area contributed by atoms with Crippen LogP contribution in [-0.4, -0.2) is 108 Å². The van der Waals surface area contributed by atoms with E-state index in [1.54, 1.807) is 0 Å². The molecule has 212 valence electrons. The lowest BCUT2D eigenvalue weighted by Crippen LogP contribution is -2.07. The van der Waals surface area contributed by atoms with Crippen LogP contribution < -0.4 is 0 Å². The van der Waals surface area contributed by atoms with Crippen molar-refractivity contribution in [3.63, 3.8) is 0 Å². The maximum Gasteiger partial charge on any atom is 0.162 e. The summed E-state index contributed by atoms with van der Waals surface area (Å²) in [7, 11) is 16.1. The molecular formula is C30H51N4O2S2+3. The predicted molar refractivity (Wildman–Crippen MR) is 176 cm³/mol. The molecule has 2 rings (SSSR count). The van der Waals surface area contributed by atoms with Crippen LogP contribution in [0.4, 0.5) is 0 Å². The summed E-state index contributed by atoms with van der Waals surface area (Å²) in [6, 6.07) is 0. The molecule has 0 aromatic carbocycles. The van der Waals surface area contributed by atoms with Crippen LogP contribution in [0, 0.1) is 0 Å². The van der Waals surface area contributed by atoms with E-state index in [4.69, 9.17) is 9.47 Å². The van der Waals surface area contributed by atoms with E-state index in [1.165, 1.54) is 22.3 Å². The van der Waals surface area contributed by atoms with Crippen LogP contribution >= 0.6 is 13.5 Å². The molecule has 6 nitrogen and oxygen atoms in total. The van der Waals surface area contributed by atoms with Gasteiger partial charge in [-0.05, 0) is 59.3 Å². The second-order valence-electron chi connectivity index (χ2n) is 9.51. The Morgan fingerprint density at radius 1 is 0.737 bits per heavy atom. The van der Waals surface area contributed by atoms with Gasteiger partial charge in [0.2, 0.25) is 0 Å². The van der Waals surface area contributed by atoms with Crippen LogP contribution in [-0.2, 0) is 23.0 Å². The van der Waals surface area contributed by atoms with Gasteiger partial charge in [0, 0.05) is 40.3 Å². The molecule has 0 saturated carbocycles. The standard InChI is InChI=1S/2C15H23N2O.2H2S/c2*1-16(2)9-5-7-14-11-15(13-18-12-14)8-6-10-17(3)4;;/h5-10,12H,11,13H2,1-4H3;5-11H,12-13H2,1-4H3;2*1H2/q2*+1;;/p+1/b7-5?,10-6+,15-8-;;;. The van der Waals surface area contributed by atoms with Gasteiger partial charge in [0.05, 0.1) is 19.5 Å². The number of allylic oxidation sites excluding steroid dienone is 8. The summed E-state index contributed by atoms with van der Waals surface area (Å²) >= 11 is 0. The van der Waals surface area contributed by atoms with E-state index in [0.717, 1.165) is 6.42 Å². The van der Waals surface area contributed by atoms with E-state index in [9.17, 15) is 0 Å². The van der Waals surface area contributed by atoms with Crippen molar-refractivity contribution in [1.82, 2.24) is 9.80 Å². The first-order valence-electron chi connectivity index (χ1n) is 12.2. The lowest BCUT2D eigenvalue weighted by Gasteiger charge is -2.14. The molecule has 2 aliphatic rings. The summed E-state index contributed by atoms with van der Waals surface area (Å²) in [6.07, 6.45) is 29.6. The summed E-state index contributed by atoms with van der Waals surface area (Å²) in [6.45, 7) is 2.06. The Hall–Kier alpha value is -2.68. The normalized spacial score (nSPS) is 17.3. The highest BCUT2D eigenvalue weighted by atomic mass is 32.1. The SMILES string of the molecule is CN(C)/C=C/C=C1C=C(/C=C/C=[N+](C)C)COC/1.CN(C)/C=C/C=C1\COC=C(C=CC=[N+](C)C)C1.S.[SH3+]. The molecule has 0 atom stereocenters. The van der Waals surface area contributed by atoms with E-state index < -0.39 is 0 Å². The van der Waals surface area contributed by atoms with Crippen LogP contribution in [0.1, 0.15) is 6.42 Å². The average molecular weight is 564 g/mol. The van der Waals surface area contributed by atoms with Crippen LogP contribution in [0.25, 0.3) is 0 Å². The van der Waals surface area contributed by atoms with Crippen molar-refractivity contribution in [2.24, 2.45) is 0 Å². The average Bonchev–Trinajstić information content (AvgIpc) is 2.79. The van der Waals surface area contributed by atoms with Crippen LogP contribution in [0.5, 0.6) is 0 Å². The van der Waals surface area contributed by atoms with Crippen LogP contribution in [0.15, 0.2) is 95.6 Å². The molecule has 0 fully saturated rings. The number of hydrogen-bond donors (Lipinski definition) is 0. The molecule has 0 amide bonds. The van der Waals surface area contributed by atoms with Gasteiger partial charge < -0.3 is 19.3 Å². The summed E-state index contributed by atoms with van der Waals surface area (Å²) in [5.41, 5.74) is 4.89. The number of nitrogens with zero attached hydrogens (tertiary/aromatic N) is 4. The molecule has 0 aliphatic carbocycles. The van der Waals surface area contributed by atoms with Gasteiger partial charge in [0.1, 0.15) is 34.8 Å².